The quantitative estimate of drug-likeness (QED) is 0.638. The molecule has 4 nitrogen and oxygen atoms in total. The van der Waals surface area contributed by atoms with Crippen LogP contribution >= 0.6 is 0 Å². The maximum atomic E-state index is 10.7. The Morgan fingerprint density at radius 3 is 2.43 bits per heavy atom. The number of likely N-dealkylation sites (tertiary alicyclic amines) is 1. The van der Waals surface area contributed by atoms with Crippen LogP contribution in [0.4, 0.5) is 0 Å². The highest BCUT2D eigenvalue weighted by Gasteiger charge is 2.23. The van der Waals surface area contributed by atoms with Crippen molar-refractivity contribution in [1.82, 2.24) is 4.90 Å². The molecule has 0 aromatic heterocycles. The molecule has 1 aliphatic rings. The van der Waals surface area contributed by atoms with Crippen molar-refractivity contribution >= 4 is 5.97 Å². The number of hydrogen-bond acceptors (Lipinski definition) is 3. The Morgan fingerprint density at radius 2 is 1.93 bits per heavy atom. The molecule has 0 unspecified atom stereocenters. The number of aliphatic hydroxyl groups excluding tert-OH is 1. The first kappa shape index (κ1) is 11.5. The summed E-state index contributed by atoms with van der Waals surface area (Å²) in [6.07, 6.45) is 3.40. The first-order valence-electron chi connectivity index (χ1n) is 5.30. The lowest BCUT2D eigenvalue weighted by Crippen LogP contribution is -2.36. The van der Waals surface area contributed by atoms with Gasteiger partial charge in [0.2, 0.25) is 0 Å². The molecular formula is C10H19NO3. The molecule has 2 N–H and O–H groups in total. The highest BCUT2D eigenvalue weighted by Crippen LogP contribution is 2.17. The molecule has 0 aliphatic carbocycles. The van der Waals surface area contributed by atoms with Gasteiger partial charge in [0.15, 0.2) is 0 Å². The van der Waals surface area contributed by atoms with Crippen LogP contribution in [0.5, 0.6) is 0 Å². The number of carbonyl (C=O) groups is 1. The molecule has 0 radical (unpaired) electrons. The number of carboxylic acids is 1. The van der Waals surface area contributed by atoms with E-state index in [0.717, 1.165) is 45.3 Å². The van der Waals surface area contributed by atoms with Gasteiger partial charge in [0.25, 0.3) is 0 Å². The number of unbranched alkanes of at least 4 members (excludes halogenated alkanes) is 1. The van der Waals surface area contributed by atoms with E-state index < -0.39 is 5.97 Å². The summed E-state index contributed by atoms with van der Waals surface area (Å²) in [6, 6.07) is 0. The monoisotopic (exact) mass is 201 g/mol. The third-order valence-electron chi connectivity index (χ3n) is 2.82. The summed E-state index contributed by atoms with van der Waals surface area (Å²) >= 11 is 0. The fourth-order valence-corrected chi connectivity index (χ4v) is 1.85. The van der Waals surface area contributed by atoms with Crippen LogP contribution in [0, 0.1) is 5.92 Å². The number of hydrogen-bond donors (Lipinski definition) is 2. The van der Waals surface area contributed by atoms with Gasteiger partial charge in [-0.25, -0.2) is 0 Å². The zero-order chi connectivity index (χ0) is 10.4. The molecule has 0 spiro atoms. The number of nitrogens with zero attached hydrogens (tertiary/aromatic N) is 1. The molecule has 0 aromatic rings. The van der Waals surface area contributed by atoms with Crippen molar-refractivity contribution in [2.75, 3.05) is 26.2 Å². The van der Waals surface area contributed by atoms with E-state index in [2.05, 4.69) is 4.90 Å². The number of carboxylic acid groups (broad SMARTS) is 1. The first-order valence-corrected chi connectivity index (χ1v) is 5.30. The van der Waals surface area contributed by atoms with E-state index in [-0.39, 0.29) is 12.5 Å². The Hall–Kier alpha value is -0.610. The lowest BCUT2D eigenvalue weighted by Gasteiger charge is -2.29. The summed E-state index contributed by atoms with van der Waals surface area (Å²) in [5, 5.41) is 17.4. The van der Waals surface area contributed by atoms with Crippen LogP contribution in [0.15, 0.2) is 0 Å². The van der Waals surface area contributed by atoms with Gasteiger partial charge in [0, 0.05) is 6.61 Å². The molecule has 82 valence electrons. The summed E-state index contributed by atoms with van der Waals surface area (Å²) in [6.45, 7) is 3.03. The van der Waals surface area contributed by atoms with Crippen molar-refractivity contribution in [2.24, 2.45) is 5.92 Å². The second kappa shape index (κ2) is 5.98. The van der Waals surface area contributed by atoms with Crippen molar-refractivity contribution in [3.05, 3.63) is 0 Å². The molecule has 0 atom stereocenters. The number of piperidine rings is 1. The molecule has 1 heterocycles. The topological polar surface area (TPSA) is 60.8 Å². The van der Waals surface area contributed by atoms with Crippen LogP contribution in [0.3, 0.4) is 0 Å². The van der Waals surface area contributed by atoms with Crippen LogP contribution in [0.1, 0.15) is 25.7 Å². The zero-order valence-corrected chi connectivity index (χ0v) is 8.48. The third kappa shape index (κ3) is 3.64. The predicted molar refractivity (Wildman–Crippen MR) is 53.1 cm³/mol. The number of aliphatic hydroxyl groups is 1. The fourth-order valence-electron chi connectivity index (χ4n) is 1.85. The minimum Gasteiger partial charge on any atom is -0.481 e. The van der Waals surface area contributed by atoms with Gasteiger partial charge in [-0.3, -0.25) is 4.79 Å². The van der Waals surface area contributed by atoms with E-state index in [9.17, 15) is 4.79 Å². The normalized spacial score (nSPS) is 19.8. The average molecular weight is 201 g/mol. The Morgan fingerprint density at radius 1 is 1.29 bits per heavy atom. The van der Waals surface area contributed by atoms with Gasteiger partial charge in [0.05, 0.1) is 5.92 Å². The Kier molecular flexibility index (Phi) is 4.90. The van der Waals surface area contributed by atoms with Gasteiger partial charge in [-0.1, -0.05) is 0 Å². The van der Waals surface area contributed by atoms with Crippen LogP contribution in [0.2, 0.25) is 0 Å². The summed E-state index contributed by atoms with van der Waals surface area (Å²) in [7, 11) is 0. The lowest BCUT2D eigenvalue weighted by molar-refractivity contribution is -0.143. The smallest absolute Gasteiger partial charge is 0.306 e. The van der Waals surface area contributed by atoms with Crippen molar-refractivity contribution < 1.29 is 15.0 Å². The lowest BCUT2D eigenvalue weighted by atomic mass is 9.97. The van der Waals surface area contributed by atoms with Gasteiger partial charge in [-0.05, 0) is 45.3 Å². The SMILES string of the molecule is O=C(O)C1CCN(CCCCO)CC1. The van der Waals surface area contributed by atoms with Crippen molar-refractivity contribution in [3.8, 4) is 0 Å². The van der Waals surface area contributed by atoms with E-state index in [4.69, 9.17) is 10.2 Å². The third-order valence-corrected chi connectivity index (χ3v) is 2.82. The molecule has 1 fully saturated rings. The second-order valence-corrected chi connectivity index (χ2v) is 3.88. The summed E-state index contributed by atoms with van der Waals surface area (Å²) < 4.78 is 0. The number of aliphatic carboxylic acids is 1. The summed E-state index contributed by atoms with van der Waals surface area (Å²) in [5.74, 6) is -0.788. The standard InChI is InChI=1S/C10H19NO3/c12-8-2-1-5-11-6-3-9(4-7-11)10(13)14/h9,12H,1-8H2,(H,13,14). The minimum absolute atomic E-state index is 0.135. The van der Waals surface area contributed by atoms with Crippen molar-refractivity contribution in [3.63, 3.8) is 0 Å². The van der Waals surface area contributed by atoms with Gasteiger partial charge in [-0.15, -0.1) is 0 Å². The summed E-state index contributed by atoms with van der Waals surface area (Å²) in [4.78, 5) is 13.0. The maximum absolute atomic E-state index is 10.7. The van der Waals surface area contributed by atoms with Crippen molar-refractivity contribution in [2.45, 2.75) is 25.7 Å². The minimum atomic E-state index is -0.653. The van der Waals surface area contributed by atoms with Gasteiger partial charge < -0.3 is 15.1 Å². The molecule has 4 heteroatoms. The average Bonchev–Trinajstić information content (AvgIpc) is 2.19. The van der Waals surface area contributed by atoms with E-state index in [0.29, 0.717) is 0 Å². The molecule has 0 aromatic carbocycles. The fraction of sp³-hybridized carbons (Fsp3) is 0.900. The Balaban J connectivity index is 2.12. The zero-order valence-electron chi connectivity index (χ0n) is 8.48. The predicted octanol–water partition coefficient (Wildman–Crippen LogP) is 0.555. The molecule has 0 bridgehead atoms. The van der Waals surface area contributed by atoms with E-state index in [1.807, 2.05) is 0 Å². The Bertz CT molecular complexity index is 176. The molecular weight excluding hydrogens is 182 g/mol. The largest absolute Gasteiger partial charge is 0.481 e. The van der Waals surface area contributed by atoms with Crippen LogP contribution < -0.4 is 0 Å². The van der Waals surface area contributed by atoms with Crippen LogP contribution in [0.25, 0.3) is 0 Å². The molecule has 0 amide bonds. The van der Waals surface area contributed by atoms with Crippen LogP contribution in [-0.2, 0) is 4.79 Å². The highest BCUT2D eigenvalue weighted by molar-refractivity contribution is 5.70. The first-order chi connectivity index (χ1) is 6.74. The van der Waals surface area contributed by atoms with Gasteiger partial charge >= 0.3 is 5.97 Å². The van der Waals surface area contributed by atoms with Crippen molar-refractivity contribution in [1.29, 1.82) is 0 Å². The molecule has 14 heavy (non-hydrogen) atoms. The Labute approximate surface area is 84.5 Å². The van der Waals surface area contributed by atoms with E-state index in [1.165, 1.54) is 0 Å². The maximum Gasteiger partial charge on any atom is 0.306 e. The van der Waals surface area contributed by atoms with Gasteiger partial charge in [0.1, 0.15) is 0 Å². The van der Waals surface area contributed by atoms with Crippen LogP contribution in [-0.4, -0.2) is 47.3 Å². The number of rotatable bonds is 5. The van der Waals surface area contributed by atoms with E-state index in [1.54, 1.807) is 0 Å². The summed E-state index contributed by atoms with van der Waals surface area (Å²) in [5.41, 5.74) is 0. The van der Waals surface area contributed by atoms with Gasteiger partial charge in [-0.2, -0.15) is 0 Å². The van der Waals surface area contributed by atoms with E-state index >= 15 is 0 Å². The molecule has 0 saturated carbocycles. The molecule has 1 saturated heterocycles. The highest BCUT2D eigenvalue weighted by atomic mass is 16.4. The molecule has 1 aliphatic heterocycles. The second-order valence-electron chi connectivity index (χ2n) is 3.88. The molecule has 1 rings (SSSR count).